The van der Waals surface area contributed by atoms with Crippen molar-refractivity contribution in [1.29, 1.82) is 0 Å². The van der Waals surface area contributed by atoms with Crippen molar-refractivity contribution >= 4 is 5.91 Å². The summed E-state index contributed by atoms with van der Waals surface area (Å²) in [6.07, 6.45) is 7.54. The first kappa shape index (κ1) is 19.6. The Labute approximate surface area is 163 Å². The summed E-state index contributed by atoms with van der Waals surface area (Å²) < 4.78 is 2.26. The summed E-state index contributed by atoms with van der Waals surface area (Å²) >= 11 is 0. The van der Waals surface area contributed by atoms with Gasteiger partial charge in [-0.05, 0) is 51.4 Å². The quantitative estimate of drug-likeness (QED) is 0.754. The van der Waals surface area contributed by atoms with E-state index in [9.17, 15) is 4.79 Å². The molecule has 2 aromatic rings. The standard InChI is InChI=1S/C22H32N4O/c1-18-7-4-5-8-19(18)10-11-21(27)26-13-6-9-20(17-26)22-23-12-14-25(22)16-15-24(2)3/h4-5,7-8,12,14,20H,6,9-11,13,15-17H2,1-3H3/t20-/m0/s1. The van der Waals surface area contributed by atoms with Gasteiger partial charge in [-0.15, -0.1) is 0 Å². The van der Waals surface area contributed by atoms with Crippen LogP contribution in [-0.2, 0) is 17.8 Å². The maximum absolute atomic E-state index is 12.8. The average Bonchev–Trinajstić information content (AvgIpc) is 3.14. The lowest BCUT2D eigenvalue weighted by atomic mass is 9.96. The van der Waals surface area contributed by atoms with Gasteiger partial charge >= 0.3 is 0 Å². The van der Waals surface area contributed by atoms with Crippen molar-refractivity contribution in [2.24, 2.45) is 0 Å². The molecule has 146 valence electrons. The highest BCUT2D eigenvalue weighted by Crippen LogP contribution is 2.26. The third kappa shape index (κ3) is 5.19. The minimum atomic E-state index is 0.273. The van der Waals surface area contributed by atoms with E-state index < -0.39 is 0 Å². The molecule has 1 atom stereocenters. The van der Waals surface area contributed by atoms with E-state index in [-0.39, 0.29) is 5.91 Å². The van der Waals surface area contributed by atoms with Crippen LogP contribution in [0, 0.1) is 6.92 Å². The lowest BCUT2D eigenvalue weighted by molar-refractivity contribution is -0.132. The van der Waals surface area contributed by atoms with Gasteiger partial charge in [0.25, 0.3) is 0 Å². The maximum atomic E-state index is 12.8. The molecule has 0 unspecified atom stereocenters. The number of hydrogen-bond acceptors (Lipinski definition) is 3. The summed E-state index contributed by atoms with van der Waals surface area (Å²) in [6.45, 7) is 5.73. The Morgan fingerprint density at radius 3 is 2.89 bits per heavy atom. The van der Waals surface area contributed by atoms with E-state index in [0.717, 1.165) is 51.3 Å². The molecule has 1 aliphatic rings. The van der Waals surface area contributed by atoms with Crippen molar-refractivity contribution in [2.75, 3.05) is 33.7 Å². The molecule has 3 rings (SSSR count). The number of likely N-dealkylation sites (N-methyl/N-ethyl adjacent to an activating group) is 1. The molecule has 0 aliphatic carbocycles. The number of carbonyl (C=O) groups is 1. The number of benzene rings is 1. The Morgan fingerprint density at radius 2 is 2.11 bits per heavy atom. The van der Waals surface area contributed by atoms with Crippen molar-refractivity contribution in [2.45, 2.75) is 45.1 Å². The molecule has 0 saturated carbocycles. The number of aromatic nitrogens is 2. The van der Waals surface area contributed by atoms with Crippen LogP contribution < -0.4 is 0 Å². The first-order valence-electron chi connectivity index (χ1n) is 10.0. The van der Waals surface area contributed by atoms with Gasteiger partial charge in [0.15, 0.2) is 0 Å². The summed E-state index contributed by atoms with van der Waals surface area (Å²) in [5.74, 6) is 1.75. The summed E-state index contributed by atoms with van der Waals surface area (Å²) in [6, 6.07) is 8.35. The van der Waals surface area contributed by atoms with Crippen LogP contribution in [0.3, 0.4) is 0 Å². The third-order valence-electron chi connectivity index (χ3n) is 5.54. The van der Waals surface area contributed by atoms with Crippen molar-refractivity contribution < 1.29 is 4.79 Å². The van der Waals surface area contributed by atoms with Gasteiger partial charge in [-0.25, -0.2) is 4.98 Å². The van der Waals surface area contributed by atoms with E-state index in [1.165, 1.54) is 11.1 Å². The van der Waals surface area contributed by atoms with Gasteiger partial charge in [-0.2, -0.15) is 0 Å². The van der Waals surface area contributed by atoms with Gasteiger partial charge in [-0.1, -0.05) is 24.3 Å². The number of imidazole rings is 1. The zero-order valence-electron chi connectivity index (χ0n) is 16.9. The molecule has 0 radical (unpaired) electrons. The third-order valence-corrected chi connectivity index (χ3v) is 5.54. The molecular weight excluding hydrogens is 336 g/mol. The minimum absolute atomic E-state index is 0.273. The van der Waals surface area contributed by atoms with Crippen molar-refractivity contribution in [1.82, 2.24) is 19.4 Å². The second kappa shape index (κ2) is 9.18. The summed E-state index contributed by atoms with van der Waals surface area (Å²) in [4.78, 5) is 21.7. The molecule has 1 amide bonds. The molecule has 1 aliphatic heterocycles. The normalized spacial score (nSPS) is 17.5. The van der Waals surface area contributed by atoms with Crippen LogP contribution in [0.1, 0.15) is 42.1 Å². The number of carbonyl (C=O) groups excluding carboxylic acids is 1. The molecule has 1 saturated heterocycles. The monoisotopic (exact) mass is 368 g/mol. The zero-order valence-corrected chi connectivity index (χ0v) is 16.9. The Balaban J connectivity index is 1.58. The van der Waals surface area contributed by atoms with Gasteiger partial charge in [0.1, 0.15) is 5.82 Å². The fourth-order valence-electron chi connectivity index (χ4n) is 3.88. The van der Waals surface area contributed by atoms with E-state index in [1.54, 1.807) is 0 Å². The molecule has 5 heteroatoms. The topological polar surface area (TPSA) is 41.4 Å². The van der Waals surface area contributed by atoms with Crippen LogP contribution in [0.5, 0.6) is 0 Å². The molecular formula is C22H32N4O. The molecule has 5 nitrogen and oxygen atoms in total. The van der Waals surface area contributed by atoms with Gasteiger partial charge in [-0.3, -0.25) is 4.79 Å². The lowest BCUT2D eigenvalue weighted by Gasteiger charge is -2.33. The van der Waals surface area contributed by atoms with Crippen molar-refractivity contribution in [3.63, 3.8) is 0 Å². The predicted molar refractivity (Wildman–Crippen MR) is 109 cm³/mol. The Kier molecular flexibility index (Phi) is 6.67. The minimum Gasteiger partial charge on any atom is -0.342 e. The molecule has 2 heterocycles. The smallest absolute Gasteiger partial charge is 0.222 e. The maximum Gasteiger partial charge on any atom is 0.222 e. The lowest BCUT2D eigenvalue weighted by Crippen LogP contribution is -2.40. The highest BCUT2D eigenvalue weighted by molar-refractivity contribution is 5.76. The van der Waals surface area contributed by atoms with E-state index >= 15 is 0 Å². The summed E-state index contributed by atoms with van der Waals surface area (Å²) in [7, 11) is 4.18. The number of likely N-dealkylation sites (tertiary alicyclic amines) is 1. The predicted octanol–water partition coefficient (Wildman–Crippen LogP) is 3.09. The number of rotatable bonds is 7. The van der Waals surface area contributed by atoms with Crippen LogP contribution in [0.15, 0.2) is 36.7 Å². The van der Waals surface area contributed by atoms with E-state index in [2.05, 4.69) is 64.8 Å². The van der Waals surface area contributed by atoms with Crippen molar-refractivity contribution in [3.05, 3.63) is 53.6 Å². The Morgan fingerprint density at radius 1 is 1.30 bits per heavy atom. The van der Waals surface area contributed by atoms with E-state index in [1.807, 2.05) is 12.3 Å². The highest BCUT2D eigenvalue weighted by atomic mass is 16.2. The highest BCUT2D eigenvalue weighted by Gasteiger charge is 2.27. The molecule has 27 heavy (non-hydrogen) atoms. The van der Waals surface area contributed by atoms with Crippen LogP contribution in [0.4, 0.5) is 0 Å². The number of hydrogen-bond donors (Lipinski definition) is 0. The fraction of sp³-hybridized carbons (Fsp3) is 0.545. The average molecular weight is 369 g/mol. The number of nitrogens with zero attached hydrogens (tertiary/aromatic N) is 4. The number of piperidine rings is 1. The molecule has 1 aromatic heterocycles. The van der Waals surface area contributed by atoms with E-state index in [0.29, 0.717) is 12.3 Å². The SMILES string of the molecule is Cc1ccccc1CCC(=O)N1CCC[C@H](c2nccn2CCN(C)C)C1. The molecule has 1 aromatic carbocycles. The molecule has 0 spiro atoms. The fourth-order valence-corrected chi connectivity index (χ4v) is 3.88. The van der Waals surface area contributed by atoms with Crippen molar-refractivity contribution in [3.8, 4) is 0 Å². The summed E-state index contributed by atoms with van der Waals surface area (Å²) in [5.41, 5.74) is 2.54. The van der Waals surface area contributed by atoms with Crippen LogP contribution in [0.25, 0.3) is 0 Å². The Hall–Kier alpha value is -2.14. The zero-order chi connectivity index (χ0) is 19.2. The Bertz CT molecular complexity index is 752. The molecule has 1 fully saturated rings. The van der Waals surface area contributed by atoms with Gasteiger partial charge in [0, 0.05) is 50.9 Å². The second-order valence-electron chi connectivity index (χ2n) is 7.89. The van der Waals surface area contributed by atoms with Crippen LogP contribution >= 0.6 is 0 Å². The number of aryl methyl sites for hydroxylation is 2. The molecule has 0 bridgehead atoms. The van der Waals surface area contributed by atoms with Crippen LogP contribution in [0.2, 0.25) is 0 Å². The number of amides is 1. The molecule has 0 N–H and O–H groups in total. The summed E-state index contributed by atoms with van der Waals surface area (Å²) in [5, 5.41) is 0. The van der Waals surface area contributed by atoms with Crippen LogP contribution in [-0.4, -0.2) is 59.0 Å². The first-order valence-corrected chi connectivity index (χ1v) is 10.0. The van der Waals surface area contributed by atoms with E-state index in [4.69, 9.17) is 0 Å². The first-order chi connectivity index (χ1) is 13.0. The van der Waals surface area contributed by atoms with Gasteiger partial charge < -0.3 is 14.4 Å². The van der Waals surface area contributed by atoms with Gasteiger partial charge in [0.2, 0.25) is 5.91 Å². The second-order valence-corrected chi connectivity index (χ2v) is 7.89. The largest absolute Gasteiger partial charge is 0.342 e. The van der Waals surface area contributed by atoms with Gasteiger partial charge in [0.05, 0.1) is 0 Å².